The summed E-state index contributed by atoms with van der Waals surface area (Å²) in [5.41, 5.74) is 1.74. The summed E-state index contributed by atoms with van der Waals surface area (Å²) >= 11 is 0. The fourth-order valence-corrected chi connectivity index (χ4v) is 1.67. The van der Waals surface area contributed by atoms with Gasteiger partial charge in [-0.3, -0.25) is 5.10 Å². The largest absolute Gasteiger partial charge is 0.460 e. The Bertz CT molecular complexity index is 488. The zero-order chi connectivity index (χ0) is 13.0. The summed E-state index contributed by atoms with van der Waals surface area (Å²) in [6.45, 7) is 2.16. The molecule has 0 saturated heterocycles. The van der Waals surface area contributed by atoms with E-state index in [-0.39, 0.29) is 19.3 Å². The van der Waals surface area contributed by atoms with Crippen molar-refractivity contribution in [2.24, 2.45) is 0 Å². The molecule has 2 aromatic rings. The zero-order valence-electron chi connectivity index (χ0n) is 10.2. The number of aliphatic hydroxyl groups excluding tert-OH is 2. The summed E-state index contributed by atoms with van der Waals surface area (Å²) in [5, 5.41) is 27.9. The number of furan rings is 1. The van der Waals surface area contributed by atoms with E-state index >= 15 is 0 Å². The first-order chi connectivity index (χ1) is 8.74. The van der Waals surface area contributed by atoms with Crippen LogP contribution in [0.4, 0.5) is 0 Å². The van der Waals surface area contributed by atoms with Gasteiger partial charge in [0.2, 0.25) is 0 Å². The molecule has 0 fully saturated rings. The van der Waals surface area contributed by atoms with Gasteiger partial charge in [0.1, 0.15) is 11.5 Å². The minimum absolute atomic E-state index is 0.108. The molecule has 0 unspecified atom stereocenters. The van der Waals surface area contributed by atoms with Gasteiger partial charge >= 0.3 is 0 Å². The number of hydrogen-bond acceptors (Lipinski definition) is 5. The summed E-state index contributed by atoms with van der Waals surface area (Å²) in [6.07, 6.45) is 1.70. The number of aromatic amines is 1. The van der Waals surface area contributed by atoms with Gasteiger partial charge < -0.3 is 19.9 Å². The van der Waals surface area contributed by atoms with Gasteiger partial charge in [0.25, 0.3) is 0 Å². The Kier molecular flexibility index (Phi) is 4.14. The van der Waals surface area contributed by atoms with Gasteiger partial charge in [-0.05, 0) is 19.1 Å². The molecule has 0 aromatic carbocycles. The molecule has 98 valence electrons. The van der Waals surface area contributed by atoms with Gasteiger partial charge in [0.05, 0.1) is 25.5 Å². The molecular formula is C12H17N3O3. The molecule has 4 N–H and O–H groups in total. The molecule has 6 nitrogen and oxygen atoms in total. The number of H-pyrrole nitrogens is 1. The highest BCUT2D eigenvalue weighted by Crippen LogP contribution is 2.23. The summed E-state index contributed by atoms with van der Waals surface area (Å²) in [4.78, 5) is 0. The monoisotopic (exact) mass is 251 g/mol. The Morgan fingerprint density at radius 1 is 1.39 bits per heavy atom. The Hall–Kier alpha value is -1.63. The fraction of sp³-hybridized carbons (Fsp3) is 0.417. The Balaban J connectivity index is 2.08. The molecule has 0 atom stereocenters. The number of rotatable bonds is 6. The van der Waals surface area contributed by atoms with Crippen molar-refractivity contribution in [1.29, 1.82) is 0 Å². The molecule has 0 aliphatic rings. The number of nitrogens with zero attached hydrogens (tertiary/aromatic N) is 1. The average Bonchev–Trinajstić information content (AvgIpc) is 2.99. The van der Waals surface area contributed by atoms with Gasteiger partial charge in [0.15, 0.2) is 5.76 Å². The van der Waals surface area contributed by atoms with E-state index in [1.165, 1.54) is 0 Å². The Morgan fingerprint density at radius 2 is 2.17 bits per heavy atom. The third-order valence-corrected chi connectivity index (χ3v) is 2.73. The van der Waals surface area contributed by atoms with E-state index in [0.717, 1.165) is 22.8 Å². The SMILES string of the molecule is Cc1ccc(-c2[nH]ncc2CNC(CO)CO)o1. The van der Waals surface area contributed by atoms with Crippen LogP contribution >= 0.6 is 0 Å². The van der Waals surface area contributed by atoms with Gasteiger partial charge in [-0.1, -0.05) is 0 Å². The lowest BCUT2D eigenvalue weighted by atomic mass is 10.2. The lowest BCUT2D eigenvalue weighted by molar-refractivity contribution is 0.170. The van der Waals surface area contributed by atoms with Crippen molar-refractivity contribution in [3.05, 3.63) is 29.7 Å². The molecule has 0 amide bonds. The first-order valence-corrected chi connectivity index (χ1v) is 5.78. The van der Waals surface area contributed by atoms with Crippen molar-refractivity contribution in [3.63, 3.8) is 0 Å². The van der Waals surface area contributed by atoms with E-state index in [1.807, 2.05) is 19.1 Å². The molecule has 2 rings (SSSR count). The van der Waals surface area contributed by atoms with E-state index in [1.54, 1.807) is 6.20 Å². The molecule has 0 spiro atoms. The molecule has 0 aliphatic carbocycles. The van der Waals surface area contributed by atoms with Gasteiger partial charge in [0, 0.05) is 12.1 Å². The Morgan fingerprint density at radius 3 is 2.78 bits per heavy atom. The minimum Gasteiger partial charge on any atom is -0.460 e. The van der Waals surface area contributed by atoms with Crippen molar-refractivity contribution in [2.45, 2.75) is 19.5 Å². The standard InChI is InChI=1S/C12H17N3O3/c1-8-2-3-11(18-8)12-9(5-14-15-12)4-13-10(6-16)7-17/h2-3,5,10,13,16-17H,4,6-7H2,1H3,(H,14,15). The van der Waals surface area contributed by atoms with E-state index in [9.17, 15) is 0 Å². The fourth-order valence-electron chi connectivity index (χ4n) is 1.67. The van der Waals surface area contributed by atoms with Crippen LogP contribution in [0.1, 0.15) is 11.3 Å². The number of nitrogens with one attached hydrogen (secondary N) is 2. The predicted octanol–water partition coefficient (Wildman–Crippen LogP) is 0.421. The average molecular weight is 251 g/mol. The number of aliphatic hydroxyl groups is 2. The van der Waals surface area contributed by atoms with Crippen molar-refractivity contribution in [1.82, 2.24) is 15.5 Å². The highest BCUT2D eigenvalue weighted by Gasteiger charge is 2.12. The second kappa shape index (κ2) is 5.81. The maximum Gasteiger partial charge on any atom is 0.152 e. The van der Waals surface area contributed by atoms with Gasteiger partial charge in [-0.25, -0.2) is 0 Å². The number of aromatic nitrogens is 2. The van der Waals surface area contributed by atoms with Crippen molar-refractivity contribution in [3.8, 4) is 11.5 Å². The molecular weight excluding hydrogens is 234 g/mol. The zero-order valence-corrected chi connectivity index (χ0v) is 10.2. The van der Waals surface area contributed by atoms with E-state index in [2.05, 4.69) is 15.5 Å². The topological polar surface area (TPSA) is 94.3 Å². The maximum absolute atomic E-state index is 8.98. The first-order valence-electron chi connectivity index (χ1n) is 5.78. The van der Waals surface area contributed by atoms with Crippen LogP contribution in [0.3, 0.4) is 0 Å². The van der Waals surface area contributed by atoms with E-state index in [4.69, 9.17) is 14.6 Å². The van der Waals surface area contributed by atoms with Crippen LogP contribution < -0.4 is 5.32 Å². The van der Waals surface area contributed by atoms with Crippen LogP contribution in [0.2, 0.25) is 0 Å². The lowest BCUT2D eigenvalue weighted by Crippen LogP contribution is -2.35. The molecule has 18 heavy (non-hydrogen) atoms. The molecule has 0 aliphatic heterocycles. The minimum atomic E-state index is -0.328. The van der Waals surface area contributed by atoms with Crippen LogP contribution in [-0.4, -0.2) is 39.7 Å². The summed E-state index contributed by atoms with van der Waals surface area (Å²) in [6, 6.07) is 3.44. The quantitative estimate of drug-likeness (QED) is 0.597. The molecule has 0 saturated carbocycles. The van der Waals surface area contributed by atoms with Crippen LogP contribution in [-0.2, 0) is 6.54 Å². The smallest absolute Gasteiger partial charge is 0.152 e. The van der Waals surface area contributed by atoms with Gasteiger partial charge in [-0.15, -0.1) is 0 Å². The summed E-state index contributed by atoms with van der Waals surface area (Å²) < 4.78 is 5.53. The van der Waals surface area contributed by atoms with Crippen molar-refractivity contribution >= 4 is 0 Å². The first kappa shape index (κ1) is 12.8. The van der Waals surface area contributed by atoms with Crippen molar-refractivity contribution in [2.75, 3.05) is 13.2 Å². The molecule has 0 bridgehead atoms. The summed E-state index contributed by atoms with van der Waals surface area (Å²) in [5.74, 6) is 1.56. The van der Waals surface area contributed by atoms with Crippen molar-refractivity contribution < 1.29 is 14.6 Å². The normalized spacial score (nSPS) is 11.3. The van der Waals surface area contributed by atoms with E-state index < -0.39 is 0 Å². The van der Waals surface area contributed by atoms with Crippen LogP contribution in [0.5, 0.6) is 0 Å². The molecule has 6 heteroatoms. The Labute approximate surface area is 105 Å². The molecule has 2 heterocycles. The number of hydrogen-bond donors (Lipinski definition) is 4. The van der Waals surface area contributed by atoms with Crippen LogP contribution in [0, 0.1) is 6.92 Å². The third-order valence-electron chi connectivity index (χ3n) is 2.73. The second-order valence-corrected chi connectivity index (χ2v) is 4.12. The summed E-state index contributed by atoms with van der Waals surface area (Å²) in [7, 11) is 0. The number of aryl methyl sites for hydroxylation is 1. The van der Waals surface area contributed by atoms with Crippen LogP contribution in [0.25, 0.3) is 11.5 Å². The molecule has 0 radical (unpaired) electrons. The van der Waals surface area contributed by atoms with Gasteiger partial charge in [-0.2, -0.15) is 5.10 Å². The lowest BCUT2D eigenvalue weighted by Gasteiger charge is -2.12. The third kappa shape index (κ3) is 2.79. The highest BCUT2D eigenvalue weighted by molar-refractivity contribution is 5.56. The van der Waals surface area contributed by atoms with E-state index in [0.29, 0.717) is 6.54 Å². The maximum atomic E-state index is 8.98. The van der Waals surface area contributed by atoms with Crippen LogP contribution in [0.15, 0.2) is 22.7 Å². The second-order valence-electron chi connectivity index (χ2n) is 4.12. The predicted molar refractivity (Wildman–Crippen MR) is 65.8 cm³/mol. The highest BCUT2D eigenvalue weighted by atomic mass is 16.3. The molecule has 2 aromatic heterocycles.